The molecule has 1 radical (unpaired) electrons. The molecule has 0 amide bonds. The first-order chi connectivity index (χ1) is 4.43. The highest BCUT2D eigenvalue weighted by molar-refractivity contribution is 5.22. The van der Waals surface area contributed by atoms with Crippen molar-refractivity contribution in [2.24, 2.45) is 0 Å². The van der Waals surface area contributed by atoms with E-state index in [2.05, 4.69) is 11.9 Å². The first-order valence-electron chi connectivity index (χ1n) is 3.00. The molecule has 0 spiro atoms. The third-order valence-electron chi connectivity index (χ3n) is 1.14. The topological polar surface area (TPSA) is 12.0 Å². The Morgan fingerprint density at radius 1 is 1.56 bits per heavy atom. The van der Waals surface area contributed by atoms with Gasteiger partial charge >= 0.3 is 0 Å². The summed E-state index contributed by atoms with van der Waals surface area (Å²) in [5.41, 5.74) is 0. The molecular formula is C8H10N. The zero-order valence-electron chi connectivity index (χ0n) is 5.30. The van der Waals surface area contributed by atoms with Crippen LogP contribution in [0.15, 0.2) is 37.1 Å². The Balaban J connectivity index is 2.36. The molecule has 1 heteroatoms. The summed E-state index contributed by atoms with van der Waals surface area (Å²) >= 11 is 0. The second-order valence-electron chi connectivity index (χ2n) is 1.88. The molecule has 1 nitrogen and oxygen atoms in total. The molecule has 1 N–H and O–H groups in total. The summed E-state index contributed by atoms with van der Waals surface area (Å²) < 4.78 is 0. The minimum atomic E-state index is 0.918. The molecule has 0 aromatic rings. The average Bonchev–Trinajstić information content (AvgIpc) is 1.91. The largest absolute Gasteiger partial charge is 0.379 e. The van der Waals surface area contributed by atoms with E-state index in [0.717, 1.165) is 6.42 Å². The van der Waals surface area contributed by atoms with Crippen molar-refractivity contribution in [3.63, 3.8) is 0 Å². The van der Waals surface area contributed by atoms with Crippen LogP contribution in [0.3, 0.4) is 0 Å². The van der Waals surface area contributed by atoms with Crippen LogP contribution in [0.1, 0.15) is 6.42 Å². The van der Waals surface area contributed by atoms with Crippen molar-refractivity contribution in [3.8, 4) is 0 Å². The molecule has 1 heterocycles. The van der Waals surface area contributed by atoms with Crippen molar-refractivity contribution in [1.82, 2.24) is 5.32 Å². The number of dihydropyridines is 1. The molecule has 0 saturated heterocycles. The van der Waals surface area contributed by atoms with Gasteiger partial charge in [-0.2, -0.15) is 0 Å². The Hall–Kier alpha value is -0.980. The van der Waals surface area contributed by atoms with Crippen LogP contribution in [0, 0.1) is 6.04 Å². The zero-order valence-corrected chi connectivity index (χ0v) is 5.30. The van der Waals surface area contributed by atoms with Crippen LogP contribution in [-0.4, -0.2) is 0 Å². The minimum absolute atomic E-state index is 0.918. The Labute approximate surface area is 55.8 Å². The van der Waals surface area contributed by atoms with E-state index in [9.17, 15) is 0 Å². The molecule has 0 aliphatic carbocycles. The summed E-state index contributed by atoms with van der Waals surface area (Å²) in [5.74, 6) is 0. The summed E-state index contributed by atoms with van der Waals surface area (Å²) in [5, 5.41) is 3.10. The first-order valence-corrected chi connectivity index (χ1v) is 3.00. The molecule has 0 bridgehead atoms. The van der Waals surface area contributed by atoms with Crippen LogP contribution in [0.5, 0.6) is 0 Å². The van der Waals surface area contributed by atoms with Crippen LogP contribution >= 0.6 is 0 Å². The highest BCUT2D eigenvalue weighted by Crippen LogP contribution is 2.06. The maximum atomic E-state index is 3.64. The fraction of sp³-hybridized carbons (Fsp3) is 0.125. The summed E-state index contributed by atoms with van der Waals surface area (Å²) in [6.07, 6.45) is 10.7. The lowest BCUT2D eigenvalue weighted by Gasteiger charge is -2.10. The van der Waals surface area contributed by atoms with Gasteiger partial charge in [0.25, 0.3) is 0 Å². The summed E-state index contributed by atoms with van der Waals surface area (Å²) in [4.78, 5) is 0. The Kier molecular flexibility index (Phi) is 2.13. The monoisotopic (exact) mass is 120 g/mol. The number of allylic oxidation sites excluding steroid dienone is 2. The van der Waals surface area contributed by atoms with Gasteiger partial charge in [-0.25, -0.2) is 0 Å². The van der Waals surface area contributed by atoms with Gasteiger partial charge in [0.2, 0.25) is 0 Å². The SMILES string of the molecule is C=CC[C]1C=CC=CN1. The molecule has 0 atom stereocenters. The standard InChI is InChI=1S/C8H10N/c1-2-5-8-6-3-4-7-9-8/h2-4,6-7,9H,1,5H2. The molecule has 0 saturated carbocycles. The zero-order chi connectivity index (χ0) is 6.53. The van der Waals surface area contributed by atoms with Crippen LogP contribution in [0.25, 0.3) is 0 Å². The lowest BCUT2D eigenvalue weighted by Crippen LogP contribution is -2.13. The van der Waals surface area contributed by atoms with Crippen molar-refractivity contribution >= 4 is 0 Å². The summed E-state index contributed by atoms with van der Waals surface area (Å²) in [6.45, 7) is 3.64. The molecule has 1 aliphatic heterocycles. The predicted octanol–water partition coefficient (Wildman–Crippen LogP) is 1.77. The van der Waals surface area contributed by atoms with E-state index in [1.807, 2.05) is 30.5 Å². The van der Waals surface area contributed by atoms with Crippen LogP contribution in [-0.2, 0) is 0 Å². The average molecular weight is 120 g/mol. The third kappa shape index (κ3) is 1.76. The van der Waals surface area contributed by atoms with Crippen LogP contribution in [0.4, 0.5) is 0 Å². The van der Waals surface area contributed by atoms with Gasteiger partial charge in [0, 0.05) is 0 Å². The Morgan fingerprint density at radius 2 is 2.44 bits per heavy atom. The second kappa shape index (κ2) is 3.13. The number of nitrogens with one attached hydrogen (secondary N) is 1. The van der Waals surface area contributed by atoms with Gasteiger partial charge < -0.3 is 5.32 Å². The maximum Gasteiger partial charge on any atom is 0.0858 e. The second-order valence-corrected chi connectivity index (χ2v) is 1.88. The number of hydrogen-bond acceptors (Lipinski definition) is 1. The minimum Gasteiger partial charge on any atom is -0.379 e. The fourth-order valence-electron chi connectivity index (χ4n) is 0.713. The molecule has 0 fully saturated rings. The molecule has 0 aromatic heterocycles. The van der Waals surface area contributed by atoms with Gasteiger partial charge in [-0.1, -0.05) is 18.2 Å². The molecule has 0 unspecified atom stereocenters. The van der Waals surface area contributed by atoms with E-state index in [1.54, 1.807) is 0 Å². The van der Waals surface area contributed by atoms with Crippen LogP contribution < -0.4 is 5.32 Å². The van der Waals surface area contributed by atoms with Crippen molar-refractivity contribution in [1.29, 1.82) is 0 Å². The highest BCUT2D eigenvalue weighted by atomic mass is 14.9. The molecular weight excluding hydrogens is 110 g/mol. The van der Waals surface area contributed by atoms with Gasteiger partial charge in [-0.15, -0.1) is 6.58 Å². The van der Waals surface area contributed by atoms with Gasteiger partial charge in [0.05, 0.1) is 6.04 Å². The van der Waals surface area contributed by atoms with Gasteiger partial charge in [0.15, 0.2) is 0 Å². The molecule has 9 heavy (non-hydrogen) atoms. The van der Waals surface area contributed by atoms with Gasteiger partial charge in [-0.3, -0.25) is 0 Å². The van der Waals surface area contributed by atoms with Gasteiger partial charge in [0.1, 0.15) is 0 Å². The number of hydrogen-bond donors (Lipinski definition) is 1. The van der Waals surface area contributed by atoms with E-state index in [1.165, 1.54) is 6.04 Å². The van der Waals surface area contributed by atoms with Crippen molar-refractivity contribution < 1.29 is 0 Å². The smallest absolute Gasteiger partial charge is 0.0858 e. The van der Waals surface area contributed by atoms with Crippen molar-refractivity contribution in [2.45, 2.75) is 6.42 Å². The van der Waals surface area contributed by atoms with Crippen molar-refractivity contribution in [3.05, 3.63) is 43.1 Å². The summed E-state index contributed by atoms with van der Waals surface area (Å²) in [6, 6.07) is 1.20. The van der Waals surface area contributed by atoms with E-state index in [0.29, 0.717) is 0 Å². The normalized spacial score (nSPS) is 17.3. The number of rotatable bonds is 2. The van der Waals surface area contributed by atoms with E-state index in [4.69, 9.17) is 0 Å². The van der Waals surface area contributed by atoms with E-state index >= 15 is 0 Å². The molecule has 47 valence electrons. The first kappa shape index (κ1) is 6.14. The lowest BCUT2D eigenvalue weighted by molar-refractivity contribution is 0.868. The van der Waals surface area contributed by atoms with Crippen LogP contribution in [0.2, 0.25) is 0 Å². The highest BCUT2D eigenvalue weighted by Gasteiger charge is 1.99. The third-order valence-corrected chi connectivity index (χ3v) is 1.14. The quantitative estimate of drug-likeness (QED) is 0.547. The Bertz CT molecular complexity index is 143. The van der Waals surface area contributed by atoms with Crippen molar-refractivity contribution in [2.75, 3.05) is 0 Å². The van der Waals surface area contributed by atoms with E-state index in [-0.39, 0.29) is 0 Å². The predicted molar refractivity (Wildman–Crippen MR) is 39.5 cm³/mol. The lowest BCUT2D eigenvalue weighted by atomic mass is 10.1. The molecule has 0 aromatic carbocycles. The summed E-state index contributed by atoms with van der Waals surface area (Å²) in [7, 11) is 0. The molecule has 1 rings (SSSR count). The van der Waals surface area contributed by atoms with Gasteiger partial charge in [-0.05, 0) is 18.7 Å². The maximum absolute atomic E-state index is 3.64. The van der Waals surface area contributed by atoms with E-state index < -0.39 is 0 Å². The molecule has 1 aliphatic rings. The Morgan fingerprint density at radius 3 is 3.00 bits per heavy atom. The fourth-order valence-corrected chi connectivity index (χ4v) is 0.713.